The maximum absolute atomic E-state index is 11.2. The van der Waals surface area contributed by atoms with Gasteiger partial charge in [-0.3, -0.25) is 4.79 Å². The highest BCUT2D eigenvalue weighted by molar-refractivity contribution is 7.99. The molecule has 4 nitrogen and oxygen atoms in total. The van der Waals surface area contributed by atoms with Crippen molar-refractivity contribution in [3.63, 3.8) is 0 Å². The fraction of sp³-hybridized carbons (Fsp3) is 0.467. The van der Waals surface area contributed by atoms with E-state index in [1.165, 1.54) is 0 Å². The molecule has 0 radical (unpaired) electrons. The SMILES string of the molecule is CCSc1cccc(N2CCC(C(N)=O)CC2)c1C#N. The minimum absolute atomic E-state index is 0.0232. The van der Waals surface area contributed by atoms with E-state index in [0.717, 1.165) is 47.8 Å². The van der Waals surface area contributed by atoms with Crippen LogP contribution in [0.2, 0.25) is 0 Å². The van der Waals surface area contributed by atoms with Gasteiger partial charge in [-0.05, 0) is 30.7 Å². The van der Waals surface area contributed by atoms with Crippen LogP contribution in [0.15, 0.2) is 23.1 Å². The molecule has 0 aromatic heterocycles. The number of primary amides is 1. The number of carbonyl (C=O) groups excluding carboxylic acids is 1. The first-order valence-electron chi connectivity index (χ1n) is 6.87. The molecular weight excluding hydrogens is 270 g/mol. The lowest BCUT2D eigenvalue weighted by molar-refractivity contribution is -0.122. The van der Waals surface area contributed by atoms with Crippen LogP contribution in [0.5, 0.6) is 0 Å². The quantitative estimate of drug-likeness (QED) is 0.864. The van der Waals surface area contributed by atoms with Crippen LogP contribution in [0, 0.1) is 17.2 Å². The number of nitrogens with zero attached hydrogens (tertiary/aromatic N) is 2. The zero-order valence-corrected chi connectivity index (χ0v) is 12.4. The van der Waals surface area contributed by atoms with Gasteiger partial charge in [0.25, 0.3) is 0 Å². The van der Waals surface area contributed by atoms with Crippen molar-refractivity contribution in [1.29, 1.82) is 5.26 Å². The van der Waals surface area contributed by atoms with Crippen molar-refractivity contribution >= 4 is 23.4 Å². The number of rotatable bonds is 4. The van der Waals surface area contributed by atoms with E-state index in [9.17, 15) is 10.1 Å². The largest absolute Gasteiger partial charge is 0.370 e. The van der Waals surface area contributed by atoms with Crippen molar-refractivity contribution in [3.05, 3.63) is 23.8 Å². The van der Waals surface area contributed by atoms with E-state index in [-0.39, 0.29) is 11.8 Å². The standard InChI is InChI=1S/C15H19N3OS/c1-2-20-14-5-3-4-13(12(14)10-16)18-8-6-11(7-9-18)15(17)19/h3-5,11H,2,6-9H2,1H3,(H2,17,19). The van der Waals surface area contributed by atoms with E-state index in [4.69, 9.17) is 5.73 Å². The Morgan fingerprint density at radius 2 is 2.20 bits per heavy atom. The fourth-order valence-corrected chi connectivity index (χ4v) is 3.36. The minimum Gasteiger partial charge on any atom is -0.370 e. The fourth-order valence-electron chi connectivity index (χ4n) is 2.58. The van der Waals surface area contributed by atoms with Crippen LogP contribution in [0.25, 0.3) is 0 Å². The highest BCUT2D eigenvalue weighted by Gasteiger charge is 2.25. The number of hydrogen-bond acceptors (Lipinski definition) is 4. The third-order valence-electron chi connectivity index (χ3n) is 3.65. The summed E-state index contributed by atoms with van der Waals surface area (Å²) in [5, 5.41) is 9.43. The summed E-state index contributed by atoms with van der Waals surface area (Å²) in [7, 11) is 0. The van der Waals surface area contributed by atoms with Gasteiger partial charge in [-0.1, -0.05) is 13.0 Å². The number of piperidine rings is 1. The summed E-state index contributed by atoms with van der Waals surface area (Å²) in [6.07, 6.45) is 1.54. The van der Waals surface area contributed by atoms with Crippen LogP contribution in [0.1, 0.15) is 25.3 Å². The van der Waals surface area contributed by atoms with Crippen LogP contribution >= 0.6 is 11.8 Å². The average molecular weight is 289 g/mol. The van der Waals surface area contributed by atoms with Gasteiger partial charge < -0.3 is 10.6 Å². The Morgan fingerprint density at radius 3 is 2.75 bits per heavy atom. The number of carbonyl (C=O) groups is 1. The third kappa shape index (κ3) is 3.07. The molecule has 0 aliphatic carbocycles. The molecule has 0 spiro atoms. The molecule has 1 amide bonds. The first-order chi connectivity index (χ1) is 9.67. The molecule has 0 unspecified atom stereocenters. The Balaban J connectivity index is 2.20. The summed E-state index contributed by atoms with van der Waals surface area (Å²) in [5.74, 6) is 0.715. The lowest BCUT2D eigenvalue weighted by atomic mass is 9.95. The number of nitrogens with two attached hydrogens (primary N) is 1. The van der Waals surface area contributed by atoms with E-state index in [2.05, 4.69) is 17.9 Å². The van der Waals surface area contributed by atoms with E-state index in [1.807, 2.05) is 18.2 Å². The van der Waals surface area contributed by atoms with E-state index < -0.39 is 0 Å². The van der Waals surface area contributed by atoms with Gasteiger partial charge in [0, 0.05) is 23.9 Å². The zero-order chi connectivity index (χ0) is 14.5. The Bertz CT molecular complexity index is 530. The summed E-state index contributed by atoms with van der Waals surface area (Å²) >= 11 is 1.69. The van der Waals surface area contributed by atoms with Gasteiger partial charge >= 0.3 is 0 Å². The van der Waals surface area contributed by atoms with Crippen molar-refractivity contribution in [1.82, 2.24) is 0 Å². The average Bonchev–Trinajstić information content (AvgIpc) is 2.47. The van der Waals surface area contributed by atoms with Crippen LogP contribution in [0.4, 0.5) is 5.69 Å². The second-order valence-electron chi connectivity index (χ2n) is 4.86. The smallest absolute Gasteiger partial charge is 0.220 e. The van der Waals surface area contributed by atoms with E-state index in [1.54, 1.807) is 11.8 Å². The molecule has 1 aromatic carbocycles. The molecule has 0 atom stereocenters. The molecule has 0 saturated carbocycles. The molecule has 1 saturated heterocycles. The van der Waals surface area contributed by atoms with Crippen LogP contribution < -0.4 is 10.6 Å². The molecule has 1 aromatic rings. The Kier molecular flexibility index (Phi) is 4.91. The van der Waals surface area contributed by atoms with Gasteiger partial charge in [0.15, 0.2) is 0 Å². The van der Waals surface area contributed by atoms with E-state index >= 15 is 0 Å². The Hall–Kier alpha value is -1.67. The number of benzene rings is 1. The predicted octanol–water partition coefficient (Wildman–Crippen LogP) is 2.37. The normalized spacial score (nSPS) is 15.9. The monoisotopic (exact) mass is 289 g/mol. The van der Waals surface area contributed by atoms with Crippen molar-refractivity contribution in [2.75, 3.05) is 23.7 Å². The molecule has 1 fully saturated rings. The third-order valence-corrected chi connectivity index (χ3v) is 4.59. The minimum atomic E-state index is -0.208. The van der Waals surface area contributed by atoms with Crippen LogP contribution in [-0.4, -0.2) is 24.7 Å². The van der Waals surface area contributed by atoms with Crippen LogP contribution in [-0.2, 0) is 4.79 Å². The molecule has 106 valence electrons. The van der Waals surface area contributed by atoms with Crippen molar-refractivity contribution in [2.45, 2.75) is 24.7 Å². The summed E-state index contributed by atoms with van der Waals surface area (Å²) in [5.41, 5.74) is 7.09. The zero-order valence-electron chi connectivity index (χ0n) is 11.6. The molecule has 2 rings (SSSR count). The summed E-state index contributed by atoms with van der Waals surface area (Å²) in [6, 6.07) is 8.30. The number of thioether (sulfide) groups is 1. The second-order valence-corrected chi connectivity index (χ2v) is 6.16. The lowest BCUT2D eigenvalue weighted by Crippen LogP contribution is -2.38. The molecule has 2 N–H and O–H groups in total. The summed E-state index contributed by atoms with van der Waals surface area (Å²) < 4.78 is 0. The maximum atomic E-state index is 11.2. The Labute approximate surface area is 123 Å². The number of nitriles is 1. The van der Waals surface area contributed by atoms with Crippen molar-refractivity contribution in [3.8, 4) is 6.07 Å². The highest BCUT2D eigenvalue weighted by atomic mass is 32.2. The number of hydrogen-bond donors (Lipinski definition) is 1. The molecule has 0 bridgehead atoms. The number of anilines is 1. The lowest BCUT2D eigenvalue weighted by Gasteiger charge is -2.33. The van der Waals surface area contributed by atoms with Gasteiger partial charge in [0.05, 0.1) is 11.3 Å². The molecule has 20 heavy (non-hydrogen) atoms. The molecular formula is C15H19N3OS. The van der Waals surface area contributed by atoms with Gasteiger partial charge in [-0.15, -0.1) is 11.8 Å². The first-order valence-corrected chi connectivity index (χ1v) is 7.86. The van der Waals surface area contributed by atoms with E-state index in [0.29, 0.717) is 0 Å². The molecule has 1 heterocycles. The second kappa shape index (κ2) is 6.67. The van der Waals surface area contributed by atoms with Crippen molar-refractivity contribution < 1.29 is 4.79 Å². The molecule has 1 aliphatic rings. The van der Waals surface area contributed by atoms with Gasteiger partial charge in [-0.2, -0.15) is 5.26 Å². The number of amides is 1. The summed E-state index contributed by atoms with van der Waals surface area (Å²) in [6.45, 7) is 3.64. The van der Waals surface area contributed by atoms with Gasteiger partial charge in [-0.25, -0.2) is 0 Å². The van der Waals surface area contributed by atoms with Crippen molar-refractivity contribution in [2.24, 2.45) is 11.7 Å². The highest BCUT2D eigenvalue weighted by Crippen LogP contribution is 2.32. The first kappa shape index (κ1) is 14.7. The predicted molar refractivity (Wildman–Crippen MR) is 81.7 cm³/mol. The summed E-state index contributed by atoms with van der Waals surface area (Å²) in [4.78, 5) is 14.4. The maximum Gasteiger partial charge on any atom is 0.220 e. The van der Waals surface area contributed by atoms with Gasteiger partial charge in [0.1, 0.15) is 6.07 Å². The van der Waals surface area contributed by atoms with Gasteiger partial charge in [0.2, 0.25) is 5.91 Å². The molecule has 1 aliphatic heterocycles. The van der Waals surface area contributed by atoms with Crippen LogP contribution in [0.3, 0.4) is 0 Å². The topological polar surface area (TPSA) is 70.1 Å². The molecule has 5 heteroatoms. The Morgan fingerprint density at radius 1 is 1.50 bits per heavy atom.